The van der Waals surface area contributed by atoms with Crippen molar-refractivity contribution >= 4 is 32.4 Å². The highest BCUT2D eigenvalue weighted by Crippen LogP contribution is 2.31. The van der Waals surface area contributed by atoms with Crippen molar-refractivity contribution in [1.29, 1.82) is 0 Å². The minimum Gasteiger partial charge on any atom is -0.383 e. The Kier molecular flexibility index (Phi) is 4.65. The molecule has 0 bridgehead atoms. The molecule has 0 saturated heterocycles. The average Bonchev–Trinajstić information content (AvgIpc) is 2.44. The molecule has 6 heteroatoms. The zero-order valence-electron chi connectivity index (χ0n) is 11.3. The van der Waals surface area contributed by atoms with Gasteiger partial charge in [0.25, 0.3) is 0 Å². The molecule has 108 valence electrons. The van der Waals surface area contributed by atoms with Gasteiger partial charge in [0.05, 0.1) is 11.5 Å². The van der Waals surface area contributed by atoms with E-state index >= 15 is 0 Å². The van der Waals surface area contributed by atoms with Crippen LogP contribution in [-0.2, 0) is 14.8 Å². The fourth-order valence-electron chi connectivity index (χ4n) is 1.99. The summed E-state index contributed by atoms with van der Waals surface area (Å²) >= 11 is 6.17. The van der Waals surface area contributed by atoms with Crippen molar-refractivity contribution in [3.05, 3.63) is 41.4 Å². The van der Waals surface area contributed by atoms with E-state index in [2.05, 4.69) is 0 Å². The topological polar surface area (TPSA) is 46.6 Å². The molecule has 0 aromatic heterocycles. The summed E-state index contributed by atoms with van der Waals surface area (Å²) < 4.78 is 31.4. The first kappa shape index (κ1) is 15.3. The summed E-state index contributed by atoms with van der Waals surface area (Å²) in [4.78, 5) is 0.221. The molecule has 0 unspecified atom stereocenters. The van der Waals surface area contributed by atoms with Gasteiger partial charge in [0.1, 0.15) is 0 Å². The van der Waals surface area contributed by atoms with Gasteiger partial charge in [0, 0.05) is 31.1 Å². The number of hydrogen-bond donors (Lipinski definition) is 0. The number of likely N-dealkylation sites (N-methyl/N-ethyl adjacent to an activating group) is 1. The van der Waals surface area contributed by atoms with E-state index in [1.807, 2.05) is 12.1 Å². The third kappa shape index (κ3) is 2.81. The second-order valence-corrected chi connectivity index (χ2v) is 6.83. The van der Waals surface area contributed by atoms with Crippen LogP contribution in [0.4, 0.5) is 0 Å². The van der Waals surface area contributed by atoms with Crippen LogP contribution in [0.15, 0.2) is 41.3 Å². The van der Waals surface area contributed by atoms with Gasteiger partial charge in [-0.25, -0.2) is 8.42 Å². The molecule has 0 radical (unpaired) electrons. The molecule has 0 fully saturated rings. The van der Waals surface area contributed by atoms with Gasteiger partial charge in [-0.3, -0.25) is 0 Å². The van der Waals surface area contributed by atoms with Crippen molar-refractivity contribution in [2.24, 2.45) is 0 Å². The maximum absolute atomic E-state index is 12.6. The van der Waals surface area contributed by atoms with Crippen molar-refractivity contribution in [3.63, 3.8) is 0 Å². The maximum atomic E-state index is 12.6. The summed E-state index contributed by atoms with van der Waals surface area (Å²) in [7, 11) is -0.523. The largest absolute Gasteiger partial charge is 0.383 e. The number of rotatable bonds is 5. The zero-order valence-corrected chi connectivity index (χ0v) is 12.9. The van der Waals surface area contributed by atoms with Gasteiger partial charge in [-0.1, -0.05) is 35.9 Å². The van der Waals surface area contributed by atoms with Crippen LogP contribution in [0.3, 0.4) is 0 Å². The first-order valence-electron chi connectivity index (χ1n) is 6.11. The minimum absolute atomic E-state index is 0.221. The van der Waals surface area contributed by atoms with Crippen molar-refractivity contribution in [2.75, 3.05) is 27.3 Å². The lowest BCUT2D eigenvalue weighted by Gasteiger charge is -2.18. The Bertz CT molecular complexity index is 710. The average molecular weight is 314 g/mol. The smallest absolute Gasteiger partial charge is 0.243 e. The van der Waals surface area contributed by atoms with Gasteiger partial charge in [0.15, 0.2) is 0 Å². The van der Waals surface area contributed by atoms with Crippen molar-refractivity contribution in [2.45, 2.75) is 4.90 Å². The molecule has 0 heterocycles. The molecule has 2 aromatic rings. The van der Waals surface area contributed by atoms with Crippen LogP contribution in [-0.4, -0.2) is 40.0 Å². The predicted molar refractivity (Wildman–Crippen MR) is 80.6 cm³/mol. The number of nitrogens with zero attached hydrogens (tertiary/aromatic N) is 1. The predicted octanol–water partition coefficient (Wildman–Crippen LogP) is 2.76. The van der Waals surface area contributed by atoms with Gasteiger partial charge in [-0.15, -0.1) is 0 Å². The van der Waals surface area contributed by atoms with Crippen LogP contribution >= 0.6 is 11.6 Å². The van der Waals surface area contributed by atoms with Crippen LogP contribution < -0.4 is 0 Å². The van der Waals surface area contributed by atoms with E-state index in [0.29, 0.717) is 23.6 Å². The van der Waals surface area contributed by atoms with E-state index in [1.165, 1.54) is 18.5 Å². The first-order chi connectivity index (χ1) is 9.48. The molecule has 0 aliphatic rings. The second-order valence-electron chi connectivity index (χ2n) is 4.41. The Balaban J connectivity index is 2.57. The maximum Gasteiger partial charge on any atom is 0.243 e. The summed E-state index contributed by atoms with van der Waals surface area (Å²) in [5, 5.41) is 1.79. The number of ether oxygens (including phenoxy) is 1. The van der Waals surface area contributed by atoms with Crippen LogP contribution in [0.25, 0.3) is 10.8 Å². The molecule has 0 saturated carbocycles. The second kappa shape index (κ2) is 6.10. The van der Waals surface area contributed by atoms with Gasteiger partial charge in [-0.2, -0.15) is 4.31 Å². The monoisotopic (exact) mass is 313 g/mol. The van der Waals surface area contributed by atoms with Crippen molar-refractivity contribution in [3.8, 4) is 0 Å². The molecule has 4 nitrogen and oxygen atoms in total. The molecule has 2 rings (SSSR count). The van der Waals surface area contributed by atoms with Crippen molar-refractivity contribution in [1.82, 2.24) is 4.31 Å². The summed E-state index contributed by atoms with van der Waals surface area (Å²) in [6, 6.07) is 10.5. The highest BCUT2D eigenvalue weighted by Gasteiger charge is 2.23. The van der Waals surface area contributed by atoms with Gasteiger partial charge in [0.2, 0.25) is 10.0 Å². The standard InChI is InChI=1S/C14H16ClNO3S/c1-16(9-10-19-2)20(17,18)13-8-4-6-11-5-3-7-12(15)14(11)13/h3-8H,9-10H2,1-2H3. The van der Waals surface area contributed by atoms with Crippen LogP contribution in [0.2, 0.25) is 5.02 Å². The van der Waals surface area contributed by atoms with Gasteiger partial charge in [-0.05, 0) is 17.5 Å². The highest BCUT2D eigenvalue weighted by molar-refractivity contribution is 7.89. The van der Waals surface area contributed by atoms with E-state index < -0.39 is 10.0 Å². The molecular weight excluding hydrogens is 298 g/mol. The van der Waals surface area contributed by atoms with E-state index in [9.17, 15) is 8.42 Å². The summed E-state index contributed by atoms with van der Waals surface area (Å²) in [6.07, 6.45) is 0. The number of fused-ring (bicyclic) bond motifs is 1. The van der Waals surface area contributed by atoms with E-state index in [0.717, 1.165) is 5.39 Å². The Hall–Kier alpha value is -1.14. The molecule has 0 aliphatic heterocycles. The normalized spacial score (nSPS) is 12.2. The molecule has 0 N–H and O–H groups in total. The molecule has 0 atom stereocenters. The lowest BCUT2D eigenvalue weighted by atomic mass is 10.1. The van der Waals surface area contributed by atoms with E-state index in [1.54, 1.807) is 24.3 Å². The molecule has 0 aliphatic carbocycles. The molecule has 2 aromatic carbocycles. The van der Waals surface area contributed by atoms with Gasteiger partial charge >= 0.3 is 0 Å². The van der Waals surface area contributed by atoms with Gasteiger partial charge < -0.3 is 4.74 Å². The van der Waals surface area contributed by atoms with Crippen molar-refractivity contribution < 1.29 is 13.2 Å². The number of sulfonamides is 1. The summed E-state index contributed by atoms with van der Waals surface area (Å²) in [5.74, 6) is 0. The lowest BCUT2D eigenvalue weighted by molar-refractivity contribution is 0.185. The Morgan fingerprint density at radius 3 is 2.50 bits per heavy atom. The third-order valence-corrected chi connectivity index (χ3v) is 5.33. The molecular formula is C14H16ClNO3S. The van der Waals surface area contributed by atoms with Crippen LogP contribution in [0.5, 0.6) is 0 Å². The Morgan fingerprint density at radius 2 is 1.85 bits per heavy atom. The zero-order chi connectivity index (χ0) is 14.8. The number of methoxy groups -OCH3 is 1. The Morgan fingerprint density at radius 1 is 1.20 bits per heavy atom. The summed E-state index contributed by atoms with van der Waals surface area (Å²) in [6.45, 7) is 0.633. The van der Waals surface area contributed by atoms with E-state index in [4.69, 9.17) is 16.3 Å². The van der Waals surface area contributed by atoms with Crippen LogP contribution in [0, 0.1) is 0 Å². The number of benzene rings is 2. The Labute approximate surface area is 124 Å². The molecule has 0 spiro atoms. The van der Waals surface area contributed by atoms with Crippen LogP contribution in [0.1, 0.15) is 0 Å². The fourth-order valence-corrected chi connectivity index (χ4v) is 3.71. The summed E-state index contributed by atoms with van der Waals surface area (Å²) in [5.41, 5.74) is 0. The highest BCUT2D eigenvalue weighted by atomic mass is 35.5. The number of halogens is 1. The molecule has 20 heavy (non-hydrogen) atoms. The first-order valence-corrected chi connectivity index (χ1v) is 7.93. The third-order valence-electron chi connectivity index (χ3n) is 3.11. The quantitative estimate of drug-likeness (QED) is 0.852. The van der Waals surface area contributed by atoms with E-state index in [-0.39, 0.29) is 4.90 Å². The molecule has 0 amide bonds. The number of hydrogen-bond acceptors (Lipinski definition) is 3. The SMILES string of the molecule is COCCN(C)S(=O)(=O)c1cccc2cccc(Cl)c12. The fraction of sp³-hybridized carbons (Fsp3) is 0.286. The lowest BCUT2D eigenvalue weighted by Crippen LogP contribution is -2.30. The minimum atomic E-state index is -3.59.